The van der Waals surface area contributed by atoms with E-state index in [1.54, 1.807) is 0 Å². The summed E-state index contributed by atoms with van der Waals surface area (Å²) in [5, 5.41) is 12.6. The molecule has 0 aromatic carbocycles. The van der Waals surface area contributed by atoms with Crippen LogP contribution in [0.4, 0.5) is 0 Å². The SMILES string of the molecule is C[C@@H]1CC[C@H]2[C@@H](C)C(OC(=O)CC(O)(CC(=O)OC3O[C@@H]4OC5(C)CC[C@H]6[C@H](C)CC[C@@H]([C@H]3C)[C@@]46OO5)CC(=O)OC3O[C@@H]4OC5(C)CC[C@H]6[C@H](C)CC[C@@H]([C@H]3C)[C@@]46OO5)O[C@@H]3OC4(C)CC[C@@H]1[C@]32OO4. The predicted octanol–water partition coefficient (Wildman–Crippen LogP) is 7.14. The summed E-state index contributed by atoms with van der Waals surface area (Å²) in [6.45, 7) is 17.9. The third-order valence-electron chi connectivity index (χ3n) is 20.5. The van der Waals surface area contributed by atoms with Gasteiger partial charge in [-0.1, -0.05) is 41.5 Å². The van der Waals surface area contributed by atoms with Crippen molar-refractivity contribution in [3.05, 3.63) is 0 Å². The fourth-order valence-electron chi connectivity index (χ4n) is 16.5. The lowest BCUT2D eigenvalue weighted by atomic mass is 9.58. The summed E-state index contributed by atoms with van der Waals surface area (Å²) >= 11 is 0. The van der Waals surface area contributed by atoms with E-state index in [0.29, 0.717) is 37.0 Å². The maximum absolute atomic E-state index is 14.4. The lowest BCUT2D eigenvalue weighted by Crippen LogP contribution is -2.70. The second kappa shape index (κ2) is 17.2. The number of fused-ring (bicyclic) bond motifs is 6. The van der Waals surface area contributed by atoms with Gasteiger partial charge in [0.1, 0.15) is 0 Å². The van der Waals surface area contributed by atoms with Crippen LogP contribution in [0.3, 0.4) is 0 Å². The molecule has 12 aliphatic heterocycles. The molecule has 6 unspecified atom stereocenters. The van der Waals surface area contributed by atoms with Gasteiger partial charge in [0.2, 0.25) is 36.2 Å². The van der Waals surface area contributed by atoms with E-state index in [0.717, 1.165) is 57.8 Å². The van der Waals surface area contributed by atoms with Gasteiger partial charge in [0, 0.05) is 54.8 Å². The molecule has 0 radical (unpaired) electrons. The zero-order valence-electron chi connectivity index (χ0n) is 42.8. The molecule has 398 valence electrons. The maximum Gasteiger partial charge on any atom is 0.311 e. The van der Waals surface area contributed by atoms with Gasteiger partial charge in [-0.25, -0.2) is 29.3 Å². The van der Waals surface area contributed by atoms with Gasteiger partial charge in [-0.3, -0.25) is 14.4 Å². The van der Waals surface area contributed by atoms with Crippen molar-refractivity contribution in [2.75, 3.05) is 0 Å². The van der Waals surface area contributed by atoms with E-state index in [2.05, 4.69) is 20.8 Å². The molecule has 12 heterocycles. The van der Waals surface area contributed by atoms with Gasteiger partial charge < -0.3 is 47.7 Å². The smallest absolute Gasteiger partial charge is 0.311 e. The molecule has 24 atom stereocenters. The van der Waals surface area contributed by atoms with Crippen molar-refractivity contribution in [3.8, 4) is 0 Å². The topological polar surface area (TPSA) is 210 Å². The van der Waals surface area contributed by atoms with E-state index in [9.17, 15) is 19.5 Å². The molecule has 0 amide bonds. The van der Waals surface area contributed by atoms with Crippen LogP contribution < -0.4 is 0 Å². The Morgan fingerprint density at radius 3 is 1.00 bits per heavy atom. The summed E-state index contributed by atoms with van der Waals surface area (Å²) in [6.07, 6.45) is 1.07. The highest BCUT2D eigenvalue weighted by molar-refractivity contribution is 5.79. The Balaban J connectivity index is 0.785. The van der Waals surface area contributed by atoms with Crippen LogP contribution in [0.25, 0.3) is 0 Å². The first kappa shape index (κ1) is 49.7. The second-order valence-corrected chi connectivity index (χ2v) is 25.0. The summed E-state index contributed by atoms with van der Waals surface area (Å²) in [5.74, 6) is -6.17. The Kier molecular flexibility index (Phi) is 12.1. The first-order valence-electron chi connectivity index (χ1n) is 27.0. The Bertz CT molecular complexity index is 1880. The van der Waals surface area contributed by atoms with Gasteiger partial charge in [0.05, 0.1) is 24.9 Å². The predicted molar refractivity (Wildman–Crippen MR) is 238 cm³/mol. The van der Waals surface area contributed by atoms with E-state index in [1.807, 2.05) is 41.5 Å². The second-order valence-electron chi connectivity index (χ2n) is 25.0. The Morgan fingerprint density at radius 2 is 0.718 bits per heavy atom. The van der Waals surface area contributed by atoms with Crippen LogP contribution in [-0.2, 0) is 86.3 Å². The fourth-order valence-corrected chi connectivity index (χ4v) is 16.5. The first-order valence-corrected chi connectivity index (χ1v) is 27.0. The molecule has 6 bridgehead atoms. The monoisotopic (exact) mass is 1000 g/mol. The third kappa shape index (κ3) is 7.68. The standard InChI is InChI=1S/C52H76O19/c1-25-10-13-34-28(4)40(60-43-50(34)31(25)16-19-46(7,63-43)66-69-50)57-37(53)22-49(56,23-38(54)58-41-29(5)35-14-11-26(2)32-17-20-47(8)64-44(61-41)51(32,35)70-67-47)24-39(55)59-42-30(6)36-15-12-27(3)33-18-21-48(9)65-45(62-42)52(33,36)71-68-48/h25-36,40-45,56H,10-24H2,1-9H3/t25-,26-,27-,28-,29-,30-,31+,32+,33+,34+,35+,36+,40?,41?,42?,43-,44-,45-,46?,47?,48?,49?,50-,51-,52-/m1/s1. The van der Waals surface area contributed by atoms with Gasteiger partial charge in [-0.15, -0.1) is 0 Å². The number of aliphatic hydroxyl groups is 1. The van der Waals surface area contributed by atoms with Crippen molar-refractivity contribution in [2.24, 2.45) is 71.0 Å². The minimum absolute atomic E-state index is 0.0900. The van der Waals surface area contributed by atoms with Crippen LogP contribution in [0, 0.1) is 71.0 Å². The lowest BCUT2D eigenvalue weighted by Gasteiger charge is -2.60. The number of hydrogen-bond acceptors (Lipinski definition) is 19. The molecule has 19 heteroatoms. The van der Waals surface area contributed by atoms with Gasteiger partial charge in [0.15, 0.2) is 35.7 Å². The molecule has 15 fully saturated rings. The number of ether oxygens (including phenoxy) is 9. The van der Waals surface area contributed by atoms with Crippen molar-refractivity contribution in [3.63, 3.8) is 0 Å². The van der Waals surface area contributed by atoms with E-state index < -0.39 is 115 Å². The number of hydrogen-bond donors (Lipinski definition) is 1. The molecule has 0 aromatic heterocycles. The molecule has 3 spiro atoms. The van der Waals surface area contributed by atoms with Crippen molar-refractivity contribution in [2.45, 2.75) is 236 Å². The number of esters is 3. The molecule has 0 aromatic rings. The van der Waals surface area contributed by atoms with Gasteiger partial charge >= 0.3 is 17.9 Å². The Labute approximate surface area is 415 Å². The highest BCUT2D eigenvalue weighted by Crippen LogP contribution is 2.64. The summed E-state index contributed by atoms with van der Waals surface area (Å²) in [5.41, 5.74) is -5.06. The van der Waals surface area contributed by atoms with Crippen molar-refractivity contribution >= 4 is 17.9 Å². The van der Waals surface area contributed by atoms with Crippen LogP contribution in [0.15, 0.2) is 0 Å². The first-order chi connectivity index (χ1) is 33.6. The molecule has 3 saturated carbocycles. The van der Waals surface area contributed by atoms with Crippen LogP contribution >= 0.6 is 0 Å². The summed E-state index contributed by atoms with van der Waals surface area (Å²) in [7, 11) is 0. The lowest BCUT2D eigenvalue weighted by molar-refractivity contribution is -0.576. The number of carbonyl (C=O) groups excluding carboxylic acids is 3. The highest BCUT2D eigenvalue weighted by Gasteiger charge is 2.73. The molecule has 15 rings (SSSR count). The average Bonchev–Trinajstić information content (AvgIpc) is 3.79. The summed E-state index contributed by atoms with van der Waals surface area (Å²) in [4.78, 5) is 79.9. The zero-order chi connectivity index (χ0) is 49.8. The molecular formula is C52H76O19. The van der Waals surface area contributed by atoms with Crippen LogP contribution in [0.1, 0.15) is 159 Å². The van der Waals surface area contributed by atoms with E-state index in [-0.39, 0.29) is 53.3 Å². The van der Waals surface area contributed by atoms with Crippen molar-refractivity contribution in [1.29, 1.82) is 0 Å². The molecular weight excluding hydrogens is 929 g/mol. The average molecular weight is 1010 g/mol. The largest absolute Gasteiger partial charge is 0.435 e. The normalized spacial score (nSPS) is 55.2. The number of carbonyl (C=O) groups is 3. The van der Waals surface area contributed by atoms with Crippen LogP contribution in [-0.4, -0.2) is 101 Å². The van der Waals surface area contributed by atoms with Gasteiger partial charge in [0.25, 0.3) is 0 Å². The molecule has 12 saturated heterocycles. The fraction of sp³-hybridized carbons (Fsp3) is 0.942. The molecule has 1 N–H and O–H groups in total. The van der Waals surface area contributed by atoms with Gasteiger partial charge in [-0.05, 0) is 114 Å². The van der Waals surface area contributed by atoms with E-state index in [4.69, 9.17) is 72.0 Å². The summed E-state index contributed by atoms with van der Waals surface area (Å²) in [6, 6.07) is 0. The Hall–Kier alpha value is -2.11. The van der Waals surface area contributed by atoms with Crippen LogP contribution in [0.5, 0.6) is 0 Å². The maximum atomic E-state index is 14.4. The minimum Gasteiger partial charge on any atom is -0.435 e. The van der Waals surface area contributed by atoms with Crippen molar-refractivity contribution in [1.82, 2.24) is 0 Å². The van der Waals surface area contributed by atoms with Crippen molar-refractivity contribution < 1.29 is 91.4 Å². The molecule has 71 heavy (non-hydrogen) atoms. The third-order valence-corrected chi connectivity index (χ3v) is 20.5. The number of rotatable bonds is 9. The quantitative estimate of drug-likeness (QED) is 0.138. The molecule has 15 aliphatic rings. The van der Waals surface area contributed by atoms with Gasteiger partial charge in [-0.2, -0.15) is 0 Å². The van der Waals surface area contributed by atoms with Crippen LogP contribution in [0.2, 0.25) is 0 Å². The van der Waals surface area contributed by atoms with E-state index in [1.165, 1.54) is 0 Å². The Morgan fingerprint density at radius 1 is 0.437 bits per heavy atom. The van der Waals surface area contributed by atoms with E-state index >= 15 is 0 Å². The zero-order valence-corrected chi connectivity index (χ0v) is 42.8. The minimum atomic E-state index is -2.36. The summed E-state index contributed by atoms with van der Waals surface area (Å²) < 4.78 is 57.5. The molecule has 19 nitrogen and oxygen atoms in total. The molecule has 3 aliphatic carbocycles. The highest BCUT2D eigenvalue weighted by atomic mass is 17.3.